The number of carboxylic acid groups (broad SMARTS) is 1. The quantitative estimate of drug-likeness (QED) is 0.717. The first-order valence-electron chi connectivity index (χ1n) is 7.96. The largest absolute Gasteiger partial charge is 0.493 e. The van der Waals surface area contributed by atoms with Crippen molar-refractivity contribution in [3.63, 3.8) is 0 Å². The van der Waals surface area contributed by atoms with E-state index < -0.39 is 11.5 Å². The van der Waals surface area contributed by atoms with Crippen LogP contribution < -0.4 is 15.2 Å². The number of carbonyl (C=O) groups is 1. The molecule has 25 heavy (non-hydrogen) atoms. The van der Waals surface area contributed by atoms with E-state index in [-0.39, 0.29) is 0 Å². The minimum absolute atomic E-state index is 0.318. The Hall–Kier alpha value is -2.58. The van der Waals surface area contributed by atoms with Gasteiger partial charge in [-0.25, -0.2) is 0 Å². The summed E-state index contributed by atoms with van der Waals surface area (Å²) in [6.07, 6.45) is 2.19. The fourth-order valence-electron chi connectivity index (χ4n) is 3.14. The summed E-state index contributed by atoms with van der Waals surface area (Å²) in [6, 6.07) is 5.64. The smallest absolute Gasteiger partial charge is 0.325 e. The van der Waals surface area contributed by atoms with E-state index in [1.165, 1.54) is 0 Å². The first-order valence-corrected chi connectivity index (χ1v) is 7.96. The van der Waals surface area contributed by atoms with Crippen LogP contribution in [0.5, 0.6) is 11.5 Å². The number of methoxy groups -OCH3 is 2. The van der Waals surface area contributed by atoms with Gasteiger partial charge in [0, 0.05) is 30.8 Å². The standard InChI is InChI=1S/C17H22N4O4/c1-24-13-4-3-11(7-14(13)25-2)15-12(8-19-20-15)9-21-6-5-17(18,10-21)16(22)23/h3-4,7-8H,5-6,9-10,18H2,1-2H3,(H,19,20)(H,22,23). The normalized spacial score (nSPS) is 20.6. The average molecular weight is 346 g/mol. The zero-order valence-electron chi connectivity index (χ0n) is 14.3. The number of ether oxygens (including phenoxy) is 2. The molecule has 1 unspecified atom stereocenters. The van der Waals surface area contributed by atoms with Gasteiger partial charge in [-0.05, 0) is 24.6 Å². The van der Waals surface area contributed by atoms with Gasteiger partial charge in [-0.3, -0.25) is 14.8 Å². The van der Waals surface area contributed by atoms with Crippen molar-refractivity contribution in [3.05, 3.63) is 30.0 Å². The third kappa shape index (κ3) is 3.31. The Kier molecular flexibility index (Phi) is 4.65. The minimum Gasteiger partial charge on any atom is -0.493 e. The Morgan fingerprint density at radius 2 is 2.16 bits per heavy atom. The molecule has 4 N–H and O–H groups in total. The average Bonchev–Trinajstić information content (AvgIpc) is 3.22. The van der Waals surface area contributed by atoms with Crippen molar-refractivity contribution in [1.82, 2.24) is 15.1 Å². The van der Waals surface area contributed by atoms with Gasteiger partial charge < -0.3 is 20.3 Å². The molecular formula is C17H22N4O4. The summed E-state index contributed by atoms with van der Waals surface area (Å²) in [5.74, 6) is 0.331. The molecule has 8 heteroatoms. The van der Waals surface area contributed by atoms with Crippen molar-refractivity contribution < 1.29 is 19.4 Å². The molecule has 0 spiro atoms. The monoisotopic (exact) mass is 346 g/mol. The predicted molar refractivity (Wildman–Crippen MR) is 91.6 cm³/mol. The number of aliphatic carboxylic acids is 1. The Bertz CT molecular complexity index is 776. The molecule has 3 rings (SSSR count). The van der Waals surface area contributed by atoms with Gasteiger partial charge in [0.25, 0.3) is 0 Å². The molecule has 1 aromatic heterocycles. The van der Waals surface area contributed by atoms with E-state index in [0.29, 0.717) is 37.6 Å². The van der Waals surface area contributed by atoms with Crippen LogP contribution in [0.3, 0.4) is 0 Å². The number of H-pyrrole nitrogens is 1. The van der Waals surface area contributed by atoms with E-state index in [4.69, 9.17) is 15.2 Å². The minimum atomic E-state index is -1.17. The number of carboxylic acids is 1. The van der Waals surface area contributed by atoms with Crippen LogP contribution in [0.15, 0.2) is 24.4 Å². The van der Waals surface area contributed by atoms with Gasteiger partial charge in [0.1, 0.15) is 5.54 Å². The first-order chi connectivity index (χ1) is 12.0. The Labute approximate surface area is 145 Å². The molecule has 2 aromatic rings. The van der Waals surface area contributed by atoms with Gasteiger partial charge in [0.15, 0.2) is 11.5 Å². The highest BCUT2D eigenvalue weighted by Gasteiger charge is 2.41. The van der Waals surface area contributed by atoms with Crippen LogP contribution in [0.4, 0.5) is 0 Å². The first kappa shape index (κ1) is 17.2. The van der Waals surface area contributed by atoms with Crippen molar-refractivity contribution in [3.8, 4) is 22.8 Å². The number of hydrogen-bond donors (Lipinski definition) is 3. The van der Waals surface area contributed by atoms with Crippen LogP contribution in [-0.4, -0.2) is 59.0 Å². The number of nitrogens with two attached hydrogens (primary N) is 1. The lowest BCUT2D eigenvalue weighted by Crippen LogP contribution is -2.50. The molecular weight excluding hydrogens is 324 g/mol. The molecule has 0 radical (unpaired) electrons. The fraction of sp³-hybridized carbons (Fsp3) is 0.412. The number of hydrogen-bond acceptors (Lipinski definition) is 6. The van der Waals surface area contributed by atoms with E-state index in [0.717, 1.165) is 16.8 Å². The summed E-state index contributed by atoms with van der Waals surface area (Å²) in [6.45, 7) is 1.53. The van der Waals surface area contributed by atoms with Gasteiger partial charge in [-0.2, -0.15) is 5.10 Å². The lowest BCUT2D eigenvalue weighted by Gasteiger charge is -2.20. The van der Waals surface area contributed by atoms with Crippen LogP contribution in [-0.2, 0) is 11.3 Å². The molecule has 0 aliphatic carbocycles. The predicted octanol–water partition coefficient (Wildman–Crippen LogP) is 1.08. The van der Waals surface area contributed by atoms with E-state index in [2.05, 4.69) is 10.2 Å². The molecule has 2 heterocycles. The zero-order valence-corrected chi connectivity index (χ0v) is 14.3. The topological polar surface area (TPSA) is 114 Å². The molecule has 1 aliphatic heterocycles. The van der Waals surface area contributed by atoms with Crippen LogP contribution in [0.25, 0.3) is 11.3 Å². The van der Waals surface area contributed by atoms with Crippen molar-refractivity contribution in [2.24, 2.45) is 5.73 Å². The van der Waals surface area contributed by atoms with Gasteiger partial charge in [-0.15, -0.1) is 0 Å². The van der Waals surface area contributed by atoms with Gasteiger partial charge in [0.05, 0.1) is 26.1 Å². The highest BCUT2D eigenvalue weighted by molar-refractivity contribution is 5.79. The maximum atomic E-state index is 11.3. The molecule has 8 nitrogen and oxygen atoms in total. The van der Waals surface area contributed by atoms with Crippen LogP contribution in [0.1, 0.15) is 12.0 Å². The number of rotatable bonds is 6. The summed E-state index contributed by atoms with van der Waals surface area (Å²) >= 11 is 0. The lowest BCUT2D eigenvalue weighted by atomic mass is 10.0. The molecule has 1 aromatic carbocycles. The molecule has 134 valence electrons. The van der Waals surface area contributed by atoms with Gasteiger partial charge >= 0.3 is 5.97 Å². The summed E-state index contributed by atoms with van der Waals surface area (Å²) < 4.78 is 10.6. The summed E-state index contributed by atoms with van der Waals surface area (Å²) in [4.78, 5) is 13.3. The highest BCUT2D eigenvalue weighted by Crippen LogP contribution is 2.33. The molecule has 1 fully saturated rings. The number of nitrogens with zero attached hydrogens (tertiary/aromatic N) is 2. The van der Waals surface area contributed by atoms with Crippen molar-refractivity contribution in [1.29, 1.82) is 0 Å². The van der Waals surface area contributed by atoms with Crippen molar-refractivity contribution in [2.75, 3.05) is 27.3 Å². The second kappa shape index (κ2) is 6.73. The van der Waals surface area contributed by atoms with Crippen LogP contribution in [0, 0.1) is 0 Å². The van der Waals surface area contributed by atoms with E-state index >= 15 is 0 Å². The van der Waals surface area contributed by atoms with Gasteiger partial charge in [-0.1, -0.05) is 0 Å². The molecule has 0 amide bonds. The Balaban J connectivity index is 1.81. The van der Waals surface area contributed by atoms with Crippen molar-refractivity contribution >= 4 is 5.97 Å². The van der Waals surface area contributed by atoms with Crippen LogP contribution >= 0.6 is 0 Å². The van der Waals surface area contributed by atoms with E-state index in [1.54, 1.807) is 20.4 Å². The molecule has 1 saturated heterocycles. The third-order valence-corrected chi connectivity index (χ3v) is 4.59. The second-order valence-electron chi connectivity index (χ2n) is 6.26. The molecule has 1 atom stereocenters. The molecule has 1 aliphatic rings. The number of nitrogens with one attached hydrogen (secondary N) is 1. The maximum absolute atomic E-state index is 11.3. The van der Waals surface area contributed by atoms with E-state index in [9.17, 15) is 9.90 Å². The lowest BCUT2D eigenvalue weighted by molar-refractivity contribution is -0.142. The number of aromatic nitrogens is 2. The number of likely N-dealkylation sites (tertiary alicyclic amines) is 1. The fourth-order valence-corrected chi connectivity index (χ4v) is 3.14. The maximum Gasteiger partial charge on any atom is 0.325 e. The summed E-state index contributed by atoms with van der Waals surface area (Å²) in [5.41, 5.74) is 7.53. The molecule has 0 bridgehead atoms. The Morgan fingerprint density at radius 1 is 1.40 bits per heavy atom. The second-order valence-corrected chi connectivity index (χ2v) is 6.26. The van der Waals surface area contributed by atoms with Crippen molar-refractivity contribution in [2.45, 2.75) is 18.5 Å². The van der Waals surface area contributed by atoms with E-state index in [1.807, 2.05) is 23.1 Å². The number of aromatic amines is 1. The summed E-state index contributed by atoms with van der Waals surface area (Å²) in [5, 5.41) is 16.4. The molecule has 0 saturated carbocycles. The number of benzene rings is 1. The zero-order chi connectivity index (χ0) is 18.0. The SMILES string of the molecule is COc1ccc(-c2[nH]ncc2CN2CCC(N)(C(=O)O)C2)cc1OC. The van der Waals surface area contributed by atoms with Gasteiger partial charge in [0.2, 0.25) is 0 Å². The van der Waals surface area contributed by atoms with Crippen LogP contribution in [0.2, 0.25) is 0 Å². The Morgan fingerprint density at radius 3 is 2.80 bits per heavy atom. The third-order valence-electron chi connectivity index (χ3n) is 4.59. The summed E-state index contributed by atoms with van der Waals surface area (Å²) in [7, 11) is 3.18. The highest BCUT2D eigenvalue weighted by atomic mass is 16.5.